The van der Waals surface area contributed by atoms with Gasteiger partial charge in [0.05, 0.1) is 6.07 Å². The summed E-state index contributed by atoms with van der Waals surface area (Å²) in [6.45, 7) is 2.74. The Morgan fingerprint density at radius 3 is 2.28 bits per heavy atom. The monoisotopic (exact) mass is 248 g/mol. The lowest BCUT2D eigenvalue weighted by Gasteiger charge is -2.12. The van der Waals surface area contributed by atoms with Crippen LogP contribution in [0.1, 0.15) is 19.4 Å². The molecule has 0 saturated carbocycles. The Morgan fingerprint density at radius 2 is 1.89 bits per heavy atom. The first-order chi connectivity index (χ1) is 8.51. The molecule has 1 atom stereocenters. The summed E-state index contributed by atoms with van der Waals surface area (Å²) in [4.78, 5) is 21.6. The van der Waals surface area contributed by atoms with Crippen molar-refractivity contribution < 1.29 is 14.7 Å². The first-order valence-corrected chi connectivity index (χ1v) is 5.36. The highest BCUT2D eigenvalue weighted by Crippen LogP contribution is 2.03. The van der Waals surface area contributed by atoms with E-state index < -0.39 is 12.0 Å². The third-order valence-electron chi connectivity index (χ3n) is 1.96. The smallest absolute Gasteiger partial charge is 0.326 e. The quantitative estimate of drug-likeness (QED) is 0.841. The summed E-state index contributed by atoms with van der Waals surface area (Å²) in [7, 11) is 0. The fourth-order valence-corrected chi connectivity index (χ4v) is 1.30. The van der Waals surface area contributed by atoms with Crippen LogP contribution in [0.2, 0.25) is 0 Å². The Balaban J connectivity index is 0.000000873. The van der Waals surface area contributed by atoms with Crippen LogP contribution in [0.4, 0.5) is 0 Å². The normalized spacial score (nSPS) is 10.3. The molecule has 0 fully saturated rings. The van der Waals surface area contributed by atoms with Gasteiger partial charge >= 0.3 is 5.97 Å². The summed E-state index contributed by atoms with van der Waals surface area (Å²) in [6, 6.07) is 10.1. The van der Waals surface area contributed by atoms with Gasteiger partial charge in [0.1, 0.15) is 6.04 Å². The van der Waals surface area contributed by atoms with Gasteiger partial charge in [0.25, 0.3) is 0 Å². The lowest BCUT2D eigenvalue weighted by molar-refractivity contribution is -0.141. The molecule has 1 rings (SSSR count). The van der Waals surface area contributed by atoms with Crippen molar-refractivity contribution in [2.75, 3.05) is 0 Å². The summed E-state index contributed by atoms with van der Waals surface area (Å²) in [6.07, 6.45) is 0.301. The average Bonchev–Trinajstić information content (AvgIpc) is 2.30. The molecule has 0 aromatic heterocycles. The van der Waals surface area contributed by atoms with Gasteiger partial charge in [-0.3, -0.25) is 4.79 Å². The lowest BCUT2D eigenvalue weighted by Crippen LogP contribution is -2.41. The Bertz CT molecular complexity index is 424. The zero-order valence-corrected chi connectivity index (χ0v) is 10.4. The van der Waals surface area contributed by atoms with Crippen LogP contribution in [0.5, 0.6) is 0 Å². The molecule has 0 bridgehead atoms. The number of carbonyl (C=O) groups is 2. The van der Waals surface area contributed by atoms with E-state index in [-0.39, 0.29) is 5.91 Å². The van der Waals surface area contributed by atoms with Crippen molar-refractivity contribution in [3.63, 3.8) is 0 Å². The van der Waals surface area contributed by atoms with Gasteiger partial charge in [0.15, 0.2) is 0 Å². The van der Waals surface area contributed by atoms with E-state index in [0.29, 0.717) is 6.42 Å². The number of hydrogen-bond donors (Lipinski definition) is 2. The van der Waals surface area contributed by atoms with Crippen LogP contribution >= 0.6 is 0 Å². The summed E-state index contributed by atoms with van der Waals surface area (Å²) in [5.74, 6) is -1.35. The molecule has 0 saturated heterocycles. The highest BCUT2D eigenvalue weighted by molar-refractivity contribution is 5.82. The largest absolute Gasteiger partial charge is 0.480 e. The van der Waals surface area contributed by atoms with Crippen molar-refractivity contribution in [1.82, 2.24) is 5.32 Å². The zero-order chi connectivity index (χ0) is 14.0. The molecule has 5 heteroatoms. The number of rotatable bonds is 4. The maximum absolute atomic E-state index is 10.8. The zero-order valence-electron chi connectivity index (χ0n) is 10.4. The number of nitriles is 1. The molecule has 5 nitrogen and oxygen atoms in total. The third-order valence-corrected chi connectivity index (χ3v) is 1.96. The minimum Gasteiger partial charge on any atom is -0.480 e. The van der Waals surface area contributed by atoms with Crippen LogP contribution < -0.4 is 5.32 Å². The Kier molecular flexibility index (Phi) is 7.62. The fraction of sp³-hybridized carbons (Fsp3) is 0.308. The Labute approximate surface area is 106 Å². The van der Waals surface area contributed by atoms with Gasteiger partial charge in [-0.2, -0.15) is 5.26 Å². The minimum absolute atomic E-state index is 0.301. The van der Waals surface area contributed by atoms with Gasteiger partial charge in [-0.25, -0.2) is 4.79 Å². The molecule has 96 valence electrons. The van der Waals surface area contributed by atoms with Crippen molar-refractivity contribution in [3.05, 3.63) is 35.9 Å². The van der Waals surface area contributed by atoms with Gasteiger partial charge in [-0.05, 0) is 5.56 Å². The third kappa shape index (κ3) is 7.01. The highest BCUT2D eigenvalue weighted by atomic mass is 16.4. The predicted molar refractivity (Wildman–Crippen MR) is 66.7 cm³/mol. The fourth-order valence-electron chi connectivity index (χ4n) is 1.30. The highest BCUT2D eigenvalue weighted by Gasteiger charge is 2.18. The predicted octanol–water partition coefficient (Wildman–Crippen LogP) is 1.35. The van der Waals surface area contributed by atoms with E-state index in [1.807, 2.05) is 30.3 Å². The number of benzene rings is 1. The molecule has 0 unspecified atom stereocenters. The van der Waals surface area contributed by atoms with E-state index in [9.17, 15) is 9.59 Å². The second-order valence-corrected chi connectivity index (χ2v) is 3.50. The summed E-state index contributed by atoms with van der Waals surface area (Å²) < 4.78 is 0. The van der Waals surface area contributed by atoms with Crippen LogP contribution in [-0.4, -0.2) is 23.0 Å². The molecule has 0 aliphatic rings. The van der Waals surface area contributed by atoms with Gasteiger partial charge in [-0.1, -0.05) is 30.3 Å². The molecule has 0 heterocycles. The first kappa shape index (κ1) is 15.7. The number of carboxylic acid groups (broad SMARTS) is 1. The standard InChI is InChI=1S/C11H13NO3.C2H3N/c1-8(13)12-10(11(14)15)7-9-5-3-2-4-6-9;1-2-3/h2-6,10H,7H2,1H3,(H,12,13)(H,14,15);1H3/t10-;/m0./s1. The maximum Gasteiger partial charge on any atom is 0.326 e. The Hall–Kier alpha value is -2.35. The number of hydrogen-bond acceptors (Lipinski definition) is 3. The van der Waals surface area contributed by atoms with E-state index in [1.54, 1.807) is 6.07 Å². The lowest BCUT2D eigenvalue weighted by atomic mass is 10.1. The summed E-state index contributed by atoms with van der Waals surface area (Å²) >= 11 is 0. The number of carboxylic acids is 1. The summed E-state index contributed by atoms with van der Waals surface area (Å²) in [5, 5.41) is 18.6. The van der Waals surface area contributed by atoms with Gasteiger partial charge in [0, 0.05) is 20.3 Å². The van der Waals surface area contributed by atoms with Gasteiger partial charge < -0.3 is 10.4 Å². The van der Waals surface area contributed by atoms with E-state index >= 15 is 0 Å². The number of aliphatic carboxylic acids is 1. The van der Waals surface area contributed by atoms with Crippen LogP contribution in [0.3, 0.4) is 0 Å². The molecular weight excluding hydrogens is 232 g/mol. The van der Waals surface area contributed by atoms with Crippen LogP contribution in [0.25, 0.3) is 0 Å². The van der Waals surface area contributed by atoms with E-state index in [0.717, 1.165) is 5.56 Å². The second kappa shape index (κ2) is 8.76. The summed E-state index contributed by atoms with van der Waals surface area (Å²) in [5.41, 5.74) is 0.888. The average molecular weight is 248 g/mol. The SMILES string of the molecule is CC#N.CC(=O)N[C@@H](Cc1ccccc1)C(=O)O. The van der Waals surface area contributed by atoms with E-state index in [2.05, 4.69) is 5.32 Å². The molecule has 1 aromatic rings. The van der Waals surface area contributed by atoms with Crippen molar-refractivity contribution in [3.8, 4) is 6.07 Å². The first-order valence-electron chi connectivity index (χ1n) is 5.36. The van der Waals surface area contributed by atoms with E-state index in [4.69, 9.17) is 10.4 Å². The number of nitrogens with one attached hydrogen (secondary N) is 1. The minimum atomic E-state index is -1.02. The molecule has 0 spiro atoms. The van der Waals surface area contributed by atoms with Crippen molar-refractivity contribution >= 4 is 11.9 Å². The van der Waals surface area contributed by atoms with Crippen molar-refractivity contribution in [1.29, 1.82) is 5.26 Å². The molecule has 0 aliphatic carbocycles. The van der Waals surface area contributed by atoms with Crippen molar-refractivity contribution in [2.24, 2.45) is 0 Å². The maximum atomic E-state index is 10.8. The molecule has 1 aromatic carbocycles. The molecule has 2 N–H and O–H groups in total. The van der Waals surface area contributed by atoms with Gasteiger partial charge in [0.2, 0.25) is 5.91 Å². The molecular formula is C13H16N2O3. The molecule has 0 aliphatic heterocycles. The molecule has 1 amide bonds. The van der Waals surface area contributed by atoms with Crippen LogP contribution in [0, 0.1) is 11.3 Å². The van der Waals surface area contributed by atoms with Crippen LogP contribution in [0.15, 0.2) is 30.3 Å². The number of amides is 1. The van der Waals surface area contributed by atoms with Crippen molar-refractivity contribution in [2.45, 2.75) is 26.3 Å². The van der Waals surface area contributed by atoms with Crippen LogP contribution in [-0.2, 0) is 16.0 Å². The number of carbonyl (C=O) groups excluding carboxylic acids is 1. The Morgan fingerprint density at radius 1 is 1.39 bits per heavy atom. The topological polar surface area (TPSA) is 90.2 Å². The molecule has 0 radical (unpaired) electrons. The van der Waals surface area contributed by atoms with Gasteiger partial charge in [-0.15, -0.1) is 0 Å². The second-order valence-electron chi connectivity index (χ2n) is 3.50. The van der Waals surface area contributed by atoms with E-state index in [1.165, 1.54) is 13.8 Å². The number of nitrogens with zero attached hydrogens (tertiary/aromatic N) is 1. The molecule has 18 heavy (non-hydrogen) atoms.